The fourth-order valence-corrected chi connectivity index (χ4v) is 4.47. The number of aromatic nitrogens is 4. The molecule has 9 heteroatoms. The highest BCUT2D eigenvalue weighted by Crippen LogP contribution is 2.28. The number of aryl methyl sites for hydroxylation is 1. The van der Waals surface area contributed by atoms with Gasteiger partial charge >= 0.3 is 0 Å². The third-order valence-corrected chi connectivity index (χ3v) is 6.21. The minimum atomic E-state index is -0.372. The number of carbonyl (C=O) groups is 1. The molecule has 3 heterocycles. The lowest BCUT2D eigenvalue weighted by Crippen LogP contribution is -2.51. The molecule has 1 amide bonds. The predicted octanol–water partition coefficient (Wildman–Crippen LogP) is 4.21. The molecule has 0 unspecified atom stereocenters. The highest BCUT2D eigenvalue weighted by molar-refractivity contribution is 5.98. The van der Waals surface area contributed by atoms with Crippen LogP contribution in [0, 0.1) is 18.7 Å². The molecule has 0 spiro atoms. The van der Waals surface area contributed by atoms with E-state index in [1.54, 1.807) is 18.5 Å². The maximum absolute atomic E-state index is 13.8. The van der Waals surface area contributed by atoms with Crippen LogP contribution in [-0.4, -0.2) is 49.9 Å². The molecule has 5 rings (SSSR count). The van der Waals surface area contributed by atoms with Crippen molar-refractivity contribution in [1.29, 1.82) is 0 Å². The number of nitrogens with one attached hydrogen (secondary N) is 1. The van der Waals surface area contributed by atoms with Gasteiger partial charge in [0.05, 0.1) is 29.7 Å². The molecule has 2 aromatic heterocycles. The lowest BCUT2D eigenvalue weighted by molar-refractivity contribution is 0.0539. The van der Waals surface area contributed by atoms with Crippen molar-refractivity contribution < 1.29 is 13.6 Å². The fraction of sp³-hybridized carbons (Fsp3) is 0.333. The van der Waals surface area contributed by atoms with E-state index >= 15 is 0 Å². The molecule has 0 aliphatic carbocycles. The van der Waals surface area contributed by atoms with Gasteiger partial charge in [-0.25, -0.2) is 4.39 Å². The molecule has 1 fully saturated rings. The van der Waals surface area contributed by atoms with Gasteiger partial charge in [-0.3, -0.25) is 4.79 Å². The molecular weight excluding hydrogens is 423 g/mol. The number of nitrogens with zero attached hydrogens (tertiary/aromatic N) is 5. The molecular formula is C24H25FN6O2. The summed E-state index contributed by atoms with van der Waals surface area (Å²) < 4.78 is 19.1. The van der Waals surface area contributed by atoms with E-state index in [1.165, 1.54) is 16.9 Å². The molecule has 0 radical (unpaired) electrons. The van der Waals surface area contributed by atoms with Crippen LogP contribution in [0.1, 0.15) is 35.7 Å². The average Bonchev–Trinajstić information content (AvgIpc) is 3.47. The number of rotatable bonds is 5. The highest BCUT2D eigenvalue weighted by Gasteiger charge is 2.33. The Hall–Kier alpha value is -3.75. The standard InChI is InChI=1S/C24H25FN6O2/c1-15-5-8-20(31-27-9-10-28-31)18(12-15)23(32)30-11-3-4-16(2)21(30)14-26-24-29-19-7-6-17(25)13-22(19)33-24/h5-10,12-13,16,21H,3-4,11,14H2,1-2H3,(H,26,29)/t16-,21-/m1/s1. The summed E-state index contributed by atoms with van der Waals surface area (Å²) in [6.07, 6.45) is 5.15. The second-order valence-corrected chi connectivity index (χ2v) is 8.54. The van der Waals surface area contributed by atoms with Gasteiger partial charge in [0.2, 0.25) is 0 Å². The van der Waals surface area contributed by atoms with Crippen molar-refractivity contribution in [3.8, 4) is 5.69 Å². The minimum Gasteiger partial charge on any atom is -0.423 e. The first kappa shape index (κ1) is 21.1. The SMILES string of the molecule is Cc1ccc(-n2nccn2)c(C(=O)N2CCC[C@@H](C)[C@H]2CNc2nc3ccc(F)cc3o2)c1. The number of piperidine rings is 1. The zero-order valence-electron chi connectivity index (χ0n) is 18.5. The normalized spacial score (nSPS) is 18.6. The summed E-state index contributed by atoms with van der Waals surface area (Å²) in [6, 6.07) is 10.2. The highest BCUT2D eigenvalue weighted by atomic mass is 19.1. The third-order valence-electron chi connectivity index (χ3n) is 6.21. The van der Waals surface area contributed by atoms with Crippen LogP contribution in [0.5, 0.6) is 0 Å². The van der Waals surface area contributed by atoms with Gasteiger partial charge in [-0.15, -0.1) is 0 Å². The number of carbonyl (C=O) groups excluding carboxylic acids is 1. The third kappa shape index (κ3) is 4.18. The van der Waals surface area contributed by atoms with Crippen molar-refractivity contribution in [3.63, 3.8) is 0 Å². The van der Waals surface area contributed by atoms with Gasteiger partial charge in [0.1, 0.15) is 11.3 Å². The van der Waals surface area contributed by atoms with Crippen molar-refractivity contribution in [3.05, 3.63) is 65.7 Å². The molecule has 2 aromatic carbocycles. The Morgan fingerprint density at radius 2 is 2.03 bits per heavy atom. The number of hydrogen-bond donors (Lipinski definition) is 1. The van der Waals surface area contributed by atoms with Crippen LogP contribution in [0.15, 0.2) is 53.2 Å². The molecule has 0 bridgehead atoms. The average molecular weight is 449 g/mol. The lowest BCUT2D eigenvalue weighted by atomic mass is 9.90. The number of hydrogen-bond acceptors (Lipinski definition) is 6. The van der Waals surface area contributed by atoms with Crippen LogP contribution in [0.3, 0.4) is 0 Å². The van der Waals surface area contributed by atoms with Crippen LogP contribution in [0.25, 0.3) is 16.8 Å². The summed E-state index contributed by atoms with van der Waals surface area (Å²) >= 11 is 0. The number of benzene rings is 2. The van der Waals surface area contributed by atoms with Crippen LogP contribution < -0.4 is 5.32 Å². The van der Waals surface area contributed by atoms with Crippen molar-refractivity contribution in [1.82, 2.24) is 24.9 Å². The maximum Gasteiger partial charge on any atom is 0.295 e. The van der Waals surface area contributed by atoms with Gasteiger partial charge in [-0.2, -0.15) is 20.0 Å². The monoisotopic (exact) mass is 448 g/mol. The van der Waals surface area contributed by atoms with E-state index in [-0.39, 0.29) is 23.7 Å². The number of anilines is 1. The topological polar surface area (TPSA) is 89.1 Å². The number of oxazole rings is 1. The second kappa shape index (κ2) is 8.65. The Morgan fingerprint density at radius 3 is 2.85 bits per heavy atom. The minimum absolute atomic E-state index is 0.0519. The van der Waals surface area contributed by atoms with Gasteiger partial charge in [-0.05, 0) is 49.9 Å². The summed E-state index contributed by atoms with van der Waals surface area (Å²) in [5.74, 6) is -0.138. The zero-order chi connectivity index (χ0) is 22.9. The van der Waals surface area contributed by atoms with E-state index in [9.17, 15) is 9.18 Å². The Bertz CT molecular complexity index is 1290. The van der Waals surface area contributed by atoms with Gasteiger partial charge < -0.3 is 14.6 Å². The number of fused-ring (bicyclic) bond motifs is 1. The first-order chi connectivity index (χ1) is 16.0. The Balaban J connectivity index is 1.40. The van der Waals surface area contributed by atoms with E-state index in [2.05, 4.69) is 27.4 Å². The summed E-state index contributed by atoms with van der Waals surface area (Å²) in [5.41, 5.74) is 3.19. The fourth-order valence-electron chi connectivity index (χ4n) is 4.47. The first-order valence-electron chi connectivity index (χ1n) is 11.1. The number of halogens is 1. The van der Waals surface area contributed by atoms with E-state index in [0.717, 1.165) is 18.4 Å². The van der Waals surface area contributed by atoms with Crippen molar-refractivity contribution >= 4 is 23.0 Å². The molecule has 0 saturated carbocycles. The van der Waals surface area contributed by atoms with E-state index in [1.807, 2.05) is 30.0 Å². The molecule has 1 aliphatic rings. The molecule has 1 N–H and O–H groups in total. The molecule has 1 saturated heterocycles. The maximum atomic E-state index is 13.8. The van der Waals surface area contributed by atoms with E-state index in [4.69, 9.17) is 4.42 Å². The zero-order valence-corrected chi connectivity index (χ0v) is 18.5. The summed E-state index contributed by atoms with van der Waals surface area (Å²) in [6.45, 7) is 5.25. The second-order valence-electron chi connectivity index (χ2n) is 8.54. The molecule has 2 atom stereocenters. The van der Waals surface area contributed by atoms with E-state index < -0.39 is 0 Å². The van der Waals surface area contributed by atoms with Gasteiger partial charge in [0.25, 0.3) is 11.9 Å². The summed E-state index contributed by atoms with van der Waals surface area (Å²) in [7, 11) is 0. The van der Waals surface area contributed by atoms with Gasteiger partial charge in [0.15, 0.2) is 5.58 Å². The van der Waals surface area contributed by atoms with Crippen molar-refractivity contribution in [2.24, 2.45) is 5.92 Å². The smallest absolute Gasteiger partial charge is 0.295 e. The van der Waals surface area contributed by atoms with Crippen LogP contribution >= 0.6 is 0 Å². The van der Waals surface area contributed by atoms with Crippen LogP contribution in [0.4, 0.5) is 10.4 Å². The number of amides is 1. The lowest BCUT2D eigenvalue weighted by Gasteiger charge is -2.40. The van der Waals surface area contributed by atoms with Gasteiger partial charge in [0, 0.05) is 19.2 Å². The molecule has 4 aromatic rings. The molecule has 33 heavy (non-hydrogen) atoms. The van der Waals surface area contributed by atoms with Crippen LogP contribution in [0.2, 0.25) is 0 Å². The quantitative estimate of drug-likeness (QED) is 0.492. The van der Waals surface area contributed by atoms with E-state index in [0.29, 0.717) is 41.5 Å². The van der Waals surface area contributed by atoms with Gasteiger partial charge in [-0.1, -0.05) is 18.6 Å². The largest absolute Gasteiger partial charge is 0.423 e. The molecule has 170 valence electrons. The van der Waals surface area contributed by atoms with Crippen molar-refractivity contribution in [2.75, 3.05) is 18.4 Å². The molecule has 8 nitrogen and oxygen atoms in total. The summed E-state index contributed by atoms with van der Waals surface area (Å²) in [5, 5.41) is 11.7. The Labute approximate surface area is 190 Å². The summed E-state index contributed by atoms with van der Waals surface area (Å²) in [4.78, 5) is 21.5. The van der Waals surface area contributed by atoms with Crippen molar-refractivity contribution in [2.45, 2.75) is 32.7 Å². The molecule has 1 aliphatic heterocycles. The Kier molecular flexibility index (Phi) is 5.53. The predicted molar refractivity (Wildman–Crippen MR) is 122 cm³/mol. The van der Waals surface area contributed by atoms with Crippen LogP contribution in [-0.2, 0) is 0 Å². The number of likely N-dealkylation sites (tertiary alicyclic amines) is 1. The Morgan fingerprint density at radius 1 is 1.21 bits per heavy atom. The first-order valence-corrected chi connectivity index (χ1v) is 11.1.